The Labute approximate surface area is 125 Å². The summed E-state index contributed by atoms with van der Waals surface area (Å²) >= 11 is 1.44. The Morgan fingerprint density at radius 3 is 2.65 bits per heavy atom. The summed E-state index contributed by atoms with van der Waals surface area (Å²) in [4.78, 5) is 11.7. The van der Waals surface area contributed by atoms with E-state index in [1.807, 2.05) is 11.6 Å². The van der Waals surface area contributed by atoms with Crippen LogP contribution in [0.25, 0.3) is 0 Å². The van der Waals surface area contributed by atoms with Crippen LogP contribution in [-0.2, 0) is 11.8 Å². The molecular weight excluding hydrogens is 272 g/mol. The highest BCUT2D eigenvalue weighted by molar-refractivity contribution is 7.99. The van der Waals surface area contributed by atoms with E-state index in [1.54, 1.807) is 0 Å². The third kappa shape index (κ3) is 5.53. The van der Waals surface area contributed by atoms with Gasteiger partial charge in [0.2, 0.25) is 5.91 Å². The average molecular weight is 298 g/mol. The number of hydrogen-bond acceptors (Lipinski definition) is 4. The molecule has 0 atom stereocenters. The van der Waals surface area contributed by atoms with E-state index in [9.17, 15) is 4.79 Å². The van der Waals surface area contributed by atoms with Gasteiger partial charge in [-0.2, -0.15) is 0 Å². The van der Waals surface area contributed by atoms with Crippen LogP contribution in [0.1, 0.15) is 58.2 Å². The molecule has 0 unspecified atom stereocenters. The van der Waals surface area contributed by atoms with Crippen molar-refractivity contribution in [2.45, 2.75) is 57.5 Å². The second-order valence-electron chi connectivity index (χ2n) is 5.25. The van der Waals surface area contributed by atoms with Crippen molar-refractivity contribution in [2.24, 2.45) is 7.05 Å². The van der Waals surface area contributed by atoms with E-state index < -0.39 is 0 Å². The normalized spacial score (nSPS) is 11.1. The molecule has 114 valence electrons. The summed E-state index contributed by atoms with van der Waals surface area (Å²) in [5, 5.41) is 12.0. The molecule has 0 fully saturated rings. The molecule has 1 amide bonds. The molecular formula is C14H26N4OS. The number of aromatic nitrogens is 3. The molecule has 0 radical (unpaired) electrons. The molecule has 0 saturated heterocycles. The van der Waals surface area contributed by atoms with Gasteiger partial charge in [0.15, 0.2) is 5.16 Å². The smallest absolute Gasteiger partial charge is 0.230 e. The van der Waals surface area contributed by atoms with Gasteiger partial charge in [-0.25, -0.2) is 0 Å². The Morgan fingerprint density at radius 2 is 2.05 bits per heavy atom. The van der Waals surface area contributed by atoms with E-state index in [-0.39, 0.29) is 5.91 Å². The fourth-order valence-electron chi connectivity index (χ4n) is 1.92. The Morgan fingerprint density at radius 1 is 1.30 bits per heavy atom. The molecule has 0 spiro atoms. The van der Waals surface area contributed by atoms with Gasteiger partial charge >= 0.3 is 0 Å². The topological polar surface area (TPSA) is 59.8 Å². The van der Waals surface area contributed by atoms with Crippen molar-refractivity contribution < 1.29 is 4.79 Å². The summed E-state index contributed by atoms with van der Waals surface area (Å²) in [5.41, 5.74) is 0. The minimum atomic E-state index is 0.0700. The van der Waals surface area contributed by atoms with Crippen molar-refractivity contribution >= 4 is 17.7 Å². The highest BCUT2D eigenvalue weighted by Gasteiger charge is 2.13. The highest BCUT2D eigenvalue weighted by atomic mass is 32.2. The lowest BCUT2D eigenvalue weighted by Gasteiger charge is -2.06. The minimum Gasteiger partial charge on any atom is -0.355 e. The second kappa shape index (κ2) is 9.00. The number of nitrogens with one attached hydrogen (secondary N) is 1. The van der Waals surface area contributed by atoms with Crippen LogP contribution in [0.4, 0.5) is 0 Å². The summed E-state index contributed by atoms with van der Waals surface area (Å²) in [6, 6.07) is 0. The molecule has 0 saturated carbocycles. The SMILES string of the molecule is CCCCCCNC(=O)CSc1nnc(C(C)C)n1C. The standard InChI is InChI=1S/C14H26N4OS/c1-5-6-7-8-9-15-12(19)10-20-14-17-16-13(11(2)3)18(14)4/h11H,5-10H2,1-4H3,(H,15,19). The van der Waals surface area contributed by atoms with Crippen molar-refractivity contribution in [3.63, 3.8) is 0 Å². The number of rotatable bonds is 9. The van der Waals surface area contributed by atoms with Gasteiger partial charge in [0, 0.05) is 19.5 Å². The van der Waals surface area contributed by atoms with E-state index in [0.29, 0.717) is 11.7 Å². The van der Waals surface area contributed by atoms with Crippen LogP contribution >= 0.6 is 11.8 Å². The van der Waals surface area contributed by atoms with Gasteiger partial charge in [0.1, 0.15) is 5.82 Å². The van der Waals surface area contributed by atoms with Crippen molar-refractivity contribution in [2.75, 3.05) is 12.3 Å². The molecule has 0 aliphatic heterocycles. The van der Waals surface area contributed by atoms with Crippen molar-refractivity contribution in [1.82, 2.24) is 20.1 Å². The van der Waals surface area contributed by atoms with Gasteiger partial charge in [-0.3, -0.25) is 4.79 Å². The lowest BCUT2D eigenvalue weighted by Crippen LogP contribution is -2.26. The molecule has 5 nitrogen and oxygen atoms in total. The molecule has 0 aliphatic carbocycles. The predicted octanol–water partition coefficient (Wildman–Crippen LogP) is 2.73. The Hall–Kier alpha value is -1.04. The Kier molecular flexibility index (Phi) is 7.65. The average Bonchev–Trinajstić information content (AvgIpc) is 2.77. The second-order valence-corrected chi connectivity index (χ2v) is 6.20. The van der Waals surface area contributed by atoms with Gasteiger partial charge in [0.25, 0.3) is 0 Å². The van der Waals surface area contributed by atoms with Crippen LogP contribution < -0.4 is 5.32 Å². The maximum Gasteiger partial charge on any atom is 0.230 e. The largest absolute Gasteiger partial charge is 0.355 e. The van der Waals surface area contributed by atoms with E-state index in [0.717, 1.165) is 23.9 Å². The molecule has 1 aromatic rings. The predicted molar refractivity (Wildman–Crippen MR) is 83.0 cm³/mol. The van der Waals surface area contributed by atoms with Gasteiger partial charge in [-0.05, 0) is 6.42 Å². The summed E-state index contributed by atoms with van der Waals surface area (Å²) in [5.74, 6) is 1.76. The fraction of sp³-hybridized carbons (Fsp3) is 0.786. The molecule has 0 bridgehead atoms. The maximum atomic E-state index is 11.7. The Balaban J connectivity index is 2.27. The number of thioether (sulfide) groups is 1. The molecule has 6 heteroatoms. The molecule has 0 aromatic carbocycles. The first-order valence-electron chi connectivity index (χ1n) is 7.35. The zero-order valence-corrected chi connectivity index (χ0v) is 13.8. The first kappa shape index (κ1) is 17.0. The van der Waals surface area contributed by atoms with E-state index >= 15 is 0 Å². The maximum absolute atomic E-state index is 11.7. The van der Waals surface area contributed by atoms with Gasteiger partial charge in [-0.15, -0.1) is 10.2 Å². The van der Waals surface area contributed by atoms with Crippen molar-refractivity contribution in [3.05, 3.63) is 5.82 Å². The molecule has 1 rings (SSSR count). The third-order valence-corrected chi connectivity index (χ3v) is 4.09. The molecule has 1 N–H and O–H groups in total. The van der Waals surface area contributed by atoms with Crippen LogP contribution in [-0.4, -0.2) is 33.0 Å². The number of nitrogens with zero attached hydrogens (tertiary/aromatic N) is 3. The quantitative estimate of drug-likeness (QED) is 0.562. The van der Waals surface area contributed by atoms with Gasteiger partial charge < -0.3 is 9.88 Å². The first-order valence-corrected chi connectivity index (χ1v) is 8.33. The monoisotopic (exact) mass is 298 g/mol. The molecule has 0 aliphatic rings. The zero-order chi connectivity index (χ0) is 15.0. The van der Waals surface area contributed by atoms with Crippen LogP contribution in [0.15, 0.2) is 5.16 Å². The van der Waals surface area contributed by atoms with Gasteiger partial charge in [0.05, 0.1) is 5.75 Å². The number of carbonyl (C=O) groups excluding carboxylic acids is 1. The van der Waals surface area contributed by atoms with Crippen LogP contribution in [0, 0.1) is 0 Å². The number of unbranched alkanes of at least 4 members (excludes halogenated alkanes) is 3. The van der Waals surface area contributed by atoms with E-state index in [1.165, 1.54) is 31.0 Å². The van der Waals surface area contributed by atoms with E-state index in [2.05, 4.69) is 36.3 Å². The summed E-state index contributed by atoms with van der Waals surface area (Å²) in [6.45, 7) is 7.12. The van der Waals surface area contributed by atoms with Crippen LogP contribution in [0.3, 0.4) is 0 Å². The third-order valence-electron chi connectivity index (χ3n) is 3.07. The van der Waals surface area contributed by atoms with Crippen molar-refractivity contribution in [1.29, 1.82) is 0 Å². The zero-order valence-electron chi connectivity index (χ0n) is 13.0. The Bertz CT molecular complexity index is 417. The number of hydrogen-bond donors (Lipinski definition) is 1. The lowest BCUT2D eigenvalue weighted by atomic mass is 10.2. The summed E-state index contributed by atoms with van der Waals surface area (Å²) in [6.07, 6.45) is 4.70. The summed E-state index contributed by atoms with van der Waals surface area (Å²) < 4.78 is 1.96. The summed E-state index contributed by atoms with van der Waals surface area (Å²) in [7, 11) is 1.94. The molecule has 1 aromatic heterocycles. The van der Waals surface area contributed by atoms with Crippen molar-refractivity contribution in [3.8, 4) is 0 Å². The fourth-order valence-corrected chi connectivity index (χ4v) is 2.66. The highest BCUT2D eigenvalue weighted by Crippen LogP contribution is 2.19. The minimum absolute atomic E-state index is 0.0700. The number of carbonyl (C=O) groups is 1. The van der Waals surface area contributed by atoms with Crippen LogP contribution in [0.5, 0.6) is 0 Å². The number of amides is 1. The lowest BCUT2D eigenvalue weighted by molar-refractivity contribution is -0.118. The molecule has 20 heavy (non-hydrogen) atoms. The van der Waals surface area contributed by atoms with E-state index in [4.69, 9.17) is 0 Å². The first-order chi connectivity index (χ1) is 9.56. The van der Waals surface area contributed by atoms with Gasteiger partial charge in [-0.1, -0.05) is 51.8 Å². The molecule has 1 heterocycles. The van der Waals surface area contributed by atoms with Crippen LogP contribution in [0.2, 0.25) is 0 Å².